The number of primary amides is 1. The predicted octanol–water partition coefficient (Wildman–Crippen LogP) is 3.96. The molecular weight excluding hydrogens is 466 g/mol. The molecule has 4 N–H and O–H groups in total. The fourth-order valence-corrected chi connectivity index (χ4v) is 4.55. The fraction of sp³-hybridized carbons (Fsp3) is 0.519. The van der Waals surface area contributed by atoms with Crippen molar-refractivity contribution in [1.29, 1.82) is 0 Å². The molecule has 35 heavy (non-hydrogen) atoms. The molecule has 0 unspecified atom stereocenters. The van der Waals surface area contributed by atoms with Gasteiger partial charge in [-0.05, 0) is 76.3 Å². The van der Waals surface area contributed by atoms with Crippen LogP contribution in [0.4, 0.5) is 5.69 Å². The van der Waals surface area contributed by atoms with Gasteiger partial charge in [0.1, 0.15) is 12.2 Å². The molecule has 7 nitrogen and oxygen atoms in total. The summed E-state index contributed by atoms with van der Waals surface area (Å²) in [5.41, 5.74) is 9.10. The van der Waals surface area contributed by atoms with Crippen molar-refractivity contribution in [3.05, 3.63) is 52.0 Å². The lowest BCUT2D eigenvalue weighted by atomic mass is 9.98. The minimum atomic E-state index is -0.413. The van der Waals surface area contributed by atoms with Gasteiger partial charge in [0.15, 0.2) is 11.5 Å². The predicted molar refractivity (Wildman–Crippen MR) is 141 cm³/mol. The van der Waals surface area contributed by atoms with Gasteiger partial charge in [-0.1, -0.05) is 17.7 Å². The van der Waals surface area contributed by atoms with E-state index < -0.39 is 5.91 Å². The zero-order valence-electron chi connectivity index (χ0n) is 21.2. The quantitative estimate of drug-likeness (QED) is 0.379. The van der Waals surface area contributed by atoms with E-state index in [0.717, 1.165) is 42.7 Å². The van der Waals surface area contributed by atoms with Crippen LogP contribution in [0, 0.1) is 0 Å². The molecule has 1 aliphatic heterocycles. The number of fused-ring (bicyclic) bond motifs is 1. The second-order valence-corrected chi connectivity index (χ2v) is 10.5. The van der Waals surface area contributed by atoms with E-state index in [4.69, 9.17) is 26.8 Å². The Bertz CT molecular complexity index is 1020. The van der Waals surface area contributed by atoms with E-state index in [1.54, 1.807) is 12.1 Å². The van der Waals surface area contributed by atoms with E-state index in [9.17, 15) is 9.90 Å². The van der Waals surface area contributed by atoms with Gasteiger partial charge in [-0.2, -0.15) is 0 Å². The van der Waals surface area contributed by atoms with Gasteiger partial charge in [0.05, 0.1) is 11.3 Å². The van der Waals surface area contributed by atoms with Crippen molar-refractivity contribution in [2.45, 2.75) is 58.6 Å². The van der Waals surface area contributed by atoms with Crippen LogP contribution in [0.1, 0.15) is 55.6 Å². The molecule has 2 aromatic rings. The molecule has 1 aliphatic rings. The maximum atomic E-state index is 12.2. The monoisotopic (exact) mass is 503 g/mol. The van der Waals surface area contributed by atoms with Crippen molar-refractivity contribution < 1.29 is 19.4 Å². The topological polar surface area (TPSA) is 97.1 Å². The van der Waals surface area contributed by atoms with E-state index in [0.29, 0.717) is 41.7 Å². The molecule has 0 saturated carbocycles. The lowest BCUT2D eigenvalue weighted by Gasteiger charge is -2.23. The number of carbonyl (C=O) groups is 1. The molecule has 0 aliphatic carbocycles. The van der Waals surface area contributed by atoms with Gasteiger partial charge in [-0.25, -0.2) is 0 Å². The molecule has 0 aromatic heterocycles. The van der Waals surface area contributed by atoms with E-state index in [-0.39, 0.29) is 18.2 Å². The Labute approximate surface area is 213 Å². The van der Waals surface area contributed by atoms with Gasteiger partial charge in [-0.15, -0.1) is 0 Å². The van der Waals surface area contributed by atoms with E-state index in [2.05, 4.69) is 23.2 Å². The van der Waals surface area contributed by atoms with Crippen LogP contribution < -0.4 is 25.4 Å². The standard InChI is InChI=1S/C27H38ClN3O4/c1-18(30-9-13-34-23-7-6-21(28)17-24(23)35-27(2,3)4)14-19-15-20-8-11-31(10-5-12-32)25(20)22(16-19)26(29)33/h6-7,15-18,30,32H,5,8-14H2,1-4H3,(H2,29,33)/t18-/m1/s1. The molecule has 0 radical (unpaired) electrons. The Morgan fingerprint density at radius 1 is 1.26 bits per heavy atom. The van der Waals surface area contributed by atoms with Crippen LogP contribution in [0.15, 0.2) is 30.3 Å². The Morgan fingerprint density at radius 2 is 2.03 bits per heavy atom. The van der Waals surface area contributed by atoms with Crippen molar-refractivity contribution in [3.8, 4) is 11.5 Å². The molecule has 2 aromatic carbocycles. The van der Waals surface area contributed by atoms with Crippen LogP contribution in [-0.4, -0.2) is 55.5 Å². The van der Waals surface area contributed by atoms with Crippen LogP contribution in [0.5, 0.6) is 11.5 Å². The summed E-state index contributed by atoms with van der Waals surface area (Å²) in [5.74, 6) is 0.877. The van der Waals surface area contributed by atoms with Crippen molar-refractivity contribution in [2.75, 3.05) is 37.7 Å². The van der Waals surface area contributed by atoms with Crippen molar-refractivity contribution >= 4 is 23.2 Å². The second kappa shape index (κ2) is 12.0. The Hall–Kier alpha value is -2.48. The maximum Gasteiger partial charge on any atom is 0.250 e. The van der Waals surface area contributed by atoms with Crippen molar-refractivity contribution in [2.24, 2.45) is 5.73 Å². The lowest BCUT2D eigenvalue weighted by Crippen LogP contribution is -2.32. The number of benzene rings is 2. The highest BCUT2D eigenvalue weighted by Crippen LogP contribution is 2.34. The van der Waals surface area contributed by atoms with Crippen LogP contribution >= 0.6 is 11.6 Å². The Balaban J connectivity index is 1.57. The van der Waals surface area contributed by atoms with Crippen LogP contribution in [0.2, 0.25) is 5.02 Å². The molecular formula is C27H38ClN3O4. The molecule has 0 bridgehead atoms. The summed E-state index contributed by atoms with van der Waals surface area (Å²) in [6, 6.07) is 9.66. The molecule has 0 spiro atoms. The third-order valence-corrected chi connectivity index (χ3v) is 6.02. The van der Waals surface area contributed by atoms with Crippen molar-refractivity contribution in [1.82, 2.24) is 5.32 Å². The van der Waals surface area contributed by atoms with Gasteiger partial charge in [0.2, 0.25) is 0 Å². The Kier molecular flexibility index (Phi) is 9.27. The third kappa shape index (κ3) is 7.75. The number of nitrogens with one attached hydrogen (secondary N) is 1. The van der Waals surface area contributed by atoms with Gasteiger partial charge < -0.3 is 30.5 Å². The van der Waals surface area contributed by atoms with Gasteiger partial charge in [-0.3, -0.25) is 4.79 Å². The number of amides is 1. The zero-order chi connectivity index (χ0) is 25.6. The molecule has 192 valence electrons. The average Bonchev–Trinajstić information content (AvgIpc) is 3.17. The average molecular weight is 504 g/mol. The first-order chi connectivity index (χ1) is 16.6. The summed E-state index contributed by atoms with van der Waals surface area (Å²) >= 11 is 6.13. The number of aliphatic hydroxyl groups excluding tert-OH is 1. The SMILES string of the molecule is C[C@H](Cc1cc2c(c(C(N)=O)c1)N(CCCO)CC2)NCCOc1ccc(Cl)cc1OC(C)(C)C. The molecule has 1 heterocycles. The number of rotatable bonds is 12. The van der Waals surface area contributed by atoms with Crippen LogP contribution in [0.25, 0.3) is 0 Å². The minimum absolute atomic E-state index is 0.131. The maximum absolute atomic E-state index is 12.2. The lowest BCUT2D eigenvalue weighted by molar-refractivity contribution is 0.100. The summed E-state index contributed by atoms with van der Waals surface area (Å²) in [4.78, 5) is 14.3. The molecule has 0 saturated heterocycles. The summed E-state index contributed by atoms with van der Waals surface area (Å²) in [7, 11) is 0. The normalized spacial score (nSPS) is 14.1. The highest BCUT2D eigenvalue weighted by molar-refractivity contribution is 6.30. The largest absolute Gasteiger partial charge is 0.488 e. The van der Waals surface area contributed by atoms with Gasteiger partial charge >= 0.3 is 0 Å². The molecule has 1 amide bonds. The highest BCUT2D eigenvalue weighted by atomic mass is 35.5. The second-order valence-electron chi connectivity index (χ2n) is 10.0. The molecule has 3 rings (SSSR count). The summed E-state index contributed by atoms with van der Waals surface area (Å²) < 4.78 is 11.9. The zero-order valence-corrected chi connectivity index (χ0v) is 22.0. The molecule has 8 heteroatoms. The number of nitrogens with zero attached hydrogens (tertiary/aromatic N) is 1. The number of nitrogens with two attached hydrogens (primary N) is 1. The van der Waals surface area contributed by atoms with Gasteiger partial charge in [0.25, 0.3) is 5.91 Å². The van der Waals surface area contributed by atoms with E-state index in [1.165, 1.54) is 0 Å². The van der Waals surface area contributed by atoms with E-state index in [1.807, 2.05) is 32.9 Å². The number of aliphatic hydroxyl groups is 1. The minimum Gasteiger partial charge on any atom is -0.488 e. The van der Waals surface area contributed by atoms with Crippen LogP contribution in [-0.2, 0) is 12.8 Å². The summed E-state index contributed by atoms with van der Waals surface area (Å²) in [5, 5.41) is 13.3. The number of carbonyl (C=O) groups excluding carboxylic acids is 1. The summed E-state index contributed by atoms with van der Waals surface area (Å²) in [6.45, 7) is 10.9. The van der Waals surface area contributed by atoms with E-state index >= 15 is 0 Å². The first-order valence-electron chi connectivity index (χ1n) is 12.2. The molecule has 1 atom stereocenters. The fourth-order valence-electron chi connectivity index (χ4n) is 4.39. The summed E-state index contributed by atoms with van der Waals surface area (Å²) in [6.07, 6.45) is 2.32. The van der Waals surface area contributed by atoms with Gasteiger partial charge in [0, 0.05) is 43.4 Å². The third-order valence-electron chi connectivity index (χ3n) is 5.78. The highest BCUT2D eigenvalue weighted by Gasteiger charge is 2.25. The smallest absolute Gasteiger partial charge is 0.250 e. The number of hydrogen-bond acceptors (Lipinski definition) is 6. The number of hydrogen-bond donors (Lipinski definition) is 3. The van der Waals surface area contributed by atoms with Crippen molar-refractivity contribution in [3.63, 3.8) is 0 Å². The number of anilines is 1. The number of halogens is 1. The number of ether oxygens (including phenoxy) is 2. The first kappa shape index (κ1) is 27.1. The Morgan fingerprint density at radius 3 is 2.71 bits per heavy atom. The molecule has 0 fully saturated rings. The first-order valence-corrected chi connectivity index (χ1v) is 12.6. The van der Waals surface area contributed by atoms with Crippen LogP contribution in [0.3, 0.4) is 0 Å².